The zero-order valence-electron chi connectivity index (χ0n) is 14.3. The molecule has 5 nitrogen and oxygen atoms in total. The molecular formula is C19H21N3O2S. The van der Waals surface area contributed by atoms with E-state index in [0.717, 1.165) is 53.6 Å². The lowest BCUT2D eigenvalue weighted by Gasteiger charge is -2.14. The fourth-order valence-corrected chi connectivity index (χ4v) is 4.09. The van der Waals surface area contributed by atoms with E-state index < -0.39 is 0 Å². The van der Waals surface area contributed by atoms with E-state index in [4.69, 9.17) is 9.72 Å². The molecule has 6 heteroatoms. The largest absolute Gasteiger partial charge is 0.494 e. The van der Waals surface area contributed by atoms with Crippen LogP contribution >= 0.6 is 11.3 Å². The number of imidazole rings is 1. The van der Waals surface area contributed by atoms with Crippen molar-refractivity contribution < 1.29 is 9.53 Å². The first kappa shape index (κ1) is 16.1. The maximum atomic E-state index is 12.4. The van der Waals surface area contributed by atoms with Gasteiger partial charge in [-0.25, -0.2) is 4.98 Å². The fourth-order valence-electron chi connectivity index (χ4n) is 3.22. The Hall–Kier alpha value is -2.34. The first-order valence-corrected chi connectivity index (χ1v) is 9.59. The van der Waals surface area contributed by atoms with Crippen molar-refractivity contribution in [2.45, 2.75) is 26.2 Å². The molecule has 1 aromatic carbocycles. The third-order valence-electron chi connectivity index (χ3n) is 4.54. The van der Waals surface area contributed by atoms with Gasteiger partial charge in [-0.1, -0.05) is 0 Å². The van der Waals surface area contributed by atoms with Crippen molar-refractivity contribution in [1.82, 2.24) is 14.3 Å². The normalized spacial score (nSPS) is 14.4. The third-order valence-corrected chi connectivity index (χ3v) is 5.42. The van der Waals surface area contributed by atoms with Gasteiger partial charge in [0, 0.05) is 35.9 Å². The second kappa shape index (κ2) is 6.88. The summed E-state index contributed by atoms with van der Waals surface area (Å²) in [5.41, 5.74) is 2.99. The van der Waals surface area contributed by atoms with Gasteiger partial charge in [-0.2, -0.15) is 0 Å². The van der Waals surface area contributed by atoms with Gasteiger partial charge in [0.25, 0.3) is 0 Å². The zero-order chi connectivity index (χ0) is 17.2. The molecule has 0 atom stereocenters. The number of fused-ring (bicyclic) bond motifs is 1. The number of rotatable bonds is 5. The minimum atomic E-state index is 0.216. The van der Waals surface area contributed by atoms with Crippen LogP contribution in [-0.4, -0.2) is 39.9 Å². The molecule has 1 saturated heterocycles. The average Bonchev–Trinajstić information content (AvgIpc) is 3.34. The number of benzene rings is 1. The number of carbonyl (C=O) groups is 1. The quantitative estimate of drug-likeness (QED) is 0.702. The summed E-state index contributed by atoms with van der Waals surface area (Å²) in [7, 11) is 0. The number of carbonyl (C=O) groups excluding carboxylic acids is 1. The number of hydrogen-bond acceptors (Lipinski definition) is 4. The van der Waals surface area contributed by atoms with E-state index in [1.807, 2.05) is 52.1 Å². The van der Waals surface area contributed by atoms with Crippen LogP contribution in [0.1, 0.15) is 25.5 Å². The summed E-state index contributed by atoms with van der Waals surface area (Å²) in [5.74, 6) is 1.08. The summed E-state index contributed by atoms with van der Waals surface area (Å²) < 4.78 is 7.53. The van der Waals surface area contributed by atoms with Crippen molar-refractivity contribution in [3.63, 3.8) is 0 Å². The van der Waals surface area contributed by atoms with Crippen LogP contribution in [0.15, 0.2) is 35.8 Å². The second-order valence-electron chi connectivity index (χ2n) is 6.23. The molecule has 2 aromatic heterocycles. The van der Waals surface area contributed by atoms with E-state index in [1.54, 1.807) is 11.3 Å². The molecule has 1 aliphatic heterocycles. The molecule has 3 heterocycles. The molecule has 3 aromatic rings. The van der Waals surface area contributed by atoms with Crippen LogP contribution in [-0.2, 0) is 11.2 Å². The minimum absolute atomic E-state index is 0.216. The number of likely N-dealkylation sites (tertiary alicyclic amines) is 1. The highest BCUT2D eigenvalue weighted by molar-refractivity contribution is 7.15. The second-order valence-corrected chi connectivity index (χ2v) is 7.06. The lowest BCUT2D eigenvalue weighted by Crippen LogP contribution is -2.29. The standard InChI is InChI=1S/C19H21N3O2S/c1-2-24-16-7-5-14(6-8-16)17-12-22-15(13-25-19(22)20-17)11-18(23)21-9-3-4-10-21/h5-8,12-13H,2-4,9-11H2,1H3. The van der Waals surface area contributed by atoms with Gasteiger partial charge in [-0.15, -0.1) is 11.3 Å². The smallest absolute Gasteiger partial charge is 0.228 e. The topological polar surface area (TPSA) is 46.8 Å². The van der Waals surface area contributed by atoms with Gasteiger partial charge in [0.1, 0.15) is 5.75 Å². The van der Waals surface area contributed by atoms with Crippen molar-refractivity contribution in [3.8, 4) is 17.0 Å². The first-order valence-electron chi connectivity index (χ1n) is 8.71. The first-order chi connectivity index (χ1) is 12.2. The van der Waals surface area contributed by atoms with E-state index in [1.165, 1.54) is 0 Å². The van der Waals surface area contributed by atoms with Gasteiger partial charge in [0.05, 0.1) is 18.7 Å². The average molecular weight is 355 g/mol. The number of aromatic nitrogens is 2. The summed E-state index contributed by atoms with van der Waals surface area (Å²) in [6.07, 6.45) is 4.71. The molecule has 1 aliphatic rings. The molecule has 25 heavy (non-hydrogen) atoms. The number of ether oxygens (including phenoxy) is 1. The van der Waals surface area contributed by atoms with Gasteiger partial charge in [-0.05, 0) is 44.0 Å². The molecule has 0 unspecified atom stereocenters. The minimum Gasteiger partial charge on any atom is -0.494 e. The Balaban J connectivity index is 1.56. The van der Waals surface area contributed by atoms with Crippen LogP contribution in [0.2, 0.25) is 0 Å². The van der Waals surface area contributed by atoms with Crippen molar-refractivity contribution in [3.05, 3.63) is 41.5 Å². The Labute approximate surface area is 150 Å². The maximum absolute atomic E-state index is 12.4. The molecule has 0 spiro atoms. The van der Waals surface area contributed by atoms with Crippen LogP contribution < -0.4 is 4.74 Å². The number of thiazole rings is 1. The Morgan fingerprint density at radius 3 is 2.72 bits per heavy atom. The summed E-state index contributed by atoms with van der Waals surface area (Å²) in [6.45, 7) is 4.43. The lowest BCUT2D eigenvalue weighted by molar-refractivity contribution is -0.129. The van der Waals surface area contributed by atoms with Crippen LogP contribution in [0.3, 0.4) is 0 Å². The molecule has 0 bridgehead atoms. The molecule has 130 valence electrons. The molecular weight excluding hydrogens is 334 g/mol. The van der Waals surface area contributed by atoms with Crippen LogP contribution in [0, 0.1) is 0 Å². The predicted octanol–water partition coefficient (Wildman–Crippen LogP) is 3.63. The van der Waals surface area contributed by atoms with Crippen LogP contribution in [0.5, 0.6) is 5.75 Å². The van der Waals surface area contributed by atoms with E-state index in [2.05, 4.69) is 0 Å². The monoisotopic (exact) mass is 355 g/mol. The van der Waals surface area contributed by atoms with Crippen LogP contribution in [0.25, 0.3) is 16.2 Å². The van der Waals surface area contributed by atoms with Gasteiger partial charge < -0.3 is 9.64 Å². The molecule has 0 saturated carbocycles. The molecule has 4 rings (SSSR count). The van der Waals surface area contributed by atoms with Crippen molar-refractivity contribution >= 4 is 22.2 Å². The van der Waals surface area contributed by atoms with E-state index in [0.29, 0.717) is 13.0 Å². The highest BCUT2D eigenvalue weighted by Gasteiger charge is 2.20. The summed E-state index contributed by atoms with van der Waals surface area (Å²) in [4.78, 5) is 20.0. The van der Waals surface area contributed by atoms with E-state index in [-0.39, 0.29) is 5.91 Å². The third kappa shape index (κ3) is 3.26. The SMILES string of the molecule is CCOc1ccc(-c2cn3c(CC(=O)N4CCCC4)csc3n2)cc1. The molecule has 0 radical (unpaired) electrons. The number of amides is 1. The Morgan fingerprint density at radius 1 is 1.24 bits per heavy atom. The predicted molar refractivity (Wildman–Crippen MR) is 99.2 cm³/mol. The fraction of sp³-hybridized carbons (Fsp3) is 0.368. The highest BCUT2D eigenvalue weighted by atomic mass is 32.1. The van der Waals surface area contributed by atoms with Crippen molar-refractivity contribution in [1.29, 1.82) is 0 Å². The Bertz CT molecular complexity index is 876. The van der Waals surface area contributed by atoms with E-state index >= 15 is 0 Å². The van der Waals surface area contributed by atoms with Crippen molar-refractivity contribution in [2.75, 3.05) is 19.7 Å². The van der Waals surface area contributed by atoms with Gasteiger partial charge in [-0.3, -0.25) is 9.20 Å². The number of nitrogens with zero attached hydrogens (tertiary/aromatic N) is 3. The summed E-state index contributed by atoms with van der Waals surface area (Å²) >= 11 is 1.58. The zero-order valence-corrected chi connectivity index (χ0v) is 15.1. The number of hydrogen-bond donors (Lipinski definition) is 0. The molecule has 0 N–H and O–H groups in total. The van der Waals surface area contributed by atoms with Gasteiger partial charge in [0.2, 0.25) is 5.91 Å². The molecule has 1 fully saturated rings. The Morgan fingerprint density at radius 2 is 2.00 bits per heavy atom. The van der Waals surface area contributed by atoms with E-state index in [9.17, 15) is 4.79 Å². The highest BCUT2D eigenvalue weighted by Crippen LogP contribution is 2.26. The summed E-state index contributed by atoms with van der Waals surface area (Å²) in [6, 6.07) is 7.97. The van der Waals surface area contributed by atoms with Crippen LogP contribution in [0.4, 0.5) is 0 Å². The van der Waals surface area contributed by atoms with Gasteiger partial charge >= 0.3 is 0 Å². The van der Waals surface area contributed by atoms with Gasteiger partial charge in [0.15, 0.2) is 4.96 Å². The summed E-state index contributed by atoms with van der Waals surface area (Å²) in [5, 5.41) is 2.04. The molecule has 0 aliphatic carbocycles. The molecule has 1 amide bonds. The maximum Gasteiger partial charge on any atom is 0.228 e. The lowest BCUT2D eigenvalue weighted by atomic mass is 10.1. The van der Waals surface area contributed by atoms with Crippen molar-refractivity contribution in [2.24, 2.45) is 0 Å². The Kier molecular flexibility index (Phi) is 4.44.